The van der Waals surface area contributed by atoms with E-state index in [1.807, 2.05) is 61.5 Å². The van der Waals surface area contributed by atoms with Crippen LogP contribution < -0.4 is 10.1 Å². The predicted octanol–water partition coefficient (Wildman–Crippen LogP) is 5.58. The largest absolute Gasteiger partial charge is 0.495 e. The fourth-order valence-corrected chi connectivity index (χ4v) is 5.43. The molecule has 0 unspecified atom stereocenters. The maximum Gasteiger partial charge on any atom is 0.407 e. The third-order valence-electron chi connectivity index (χ3n) is 7.09. The third-order valence-corrected chi connectivity index (χ3v) is 7.09. The molecule has 184 valence electrons. The average Bonchev–Trinajstić information content (AvgIpc) is 3.39. The minimum absolute atomic E-state index is 0.104. The van der Waals surface area contributed by atoms with Crippen LogP contribution in [0.5, 0.6) is 5.75 Å². The van der Waals surface area contributed by atoms with Crippen molar-refractivity contribution in [3.8, 4) is 16.9 Å². The molecule has 36 heavy (non-hydrogen) atoms. The minimum Gasteiger partial charge on any atom is -0.495 e. The van der Waals surface area contributed by atoms with Crippen molar-refractivity contribution in [1.82, 2.24) is 10.3 Å². The number of aliphatic carboxylic acids is 1. The van der Waals surface area contributed by atoms with Gasteiger partial charge < -0.3 is 24.9 Å². The van der Waals surface area contributed by atoms with E-state index in [-0.39, 0.29) is 12.5 Å². The smallest absolute Gasteiger partial charge is 0.407 e. The van der Waals surface area contributed by atoms with E-state index >= 15 is 0 Å². The number of carbonyl (C=O) groups is 2. The average molecular weight is 485 g/mol. The molecule has 0 bridgehead atoms. The highest BCUT2D eigenvalue weighted by atomic mass is 16.5. The normalized spacial score (nSPS) is 14.1. The summed E-state index contributed by atoms with van der Waals surface area (Å²) < 4.78 is 11.0. The van der Waals surface area contributed by atoms with Gasteiger partial charge in [-0.2, -0.15) is 0 Å². The fraction of sp³-hybridized carbons (Fsp3) is 0.241. The number of alkyl carbamates (subject to hydrolysis) is 1. The Labute approximate surface area is 209 Å². The first-order chi connectivity index (χ1) is 17.4. The molecule has 7 nitrogen and oxygen atoms in total. The minimum atomic E-state index is -1.18. The van der Waals surface area contributed by atoms with Gasteiger partial charge in [-0.05, 0) is 40.8 Å². The summed E-state index contributed by atoms with van der Waals surface area (Å²) in [6.07, 6.45) is -0.758. The number of ether oxygens (including phenoxy) is 2. The number of nitrogens with one attached hydrogen (secondary N) is 2. The van der Waals surface area contributed by atoms with E-state index in [9.17, 15) is 14.7 Å². The van der Waals surface area contributed by atoms with Crippen LogP contribution in [-0.4, -0.2) is 41.9 Å². The van der Waals surface area contributed by atoms with Crippen LogP contribution in [0.1, 0.15) is 41.1 Å². The molecular formula is C29H28N2O5. The van der Waals surface area contributed by atoms with Crippen molar-refractivity contribution < 1.29 is 24.2 Å². The molecule has 7 heteroatoms. The molecule has 4 aromatic rings. The van der Waals surface area contributed by atoms with Gasteiger partial charge in [-0.25, -0.2) is 9.59 Å². The number of carboxylic acid groups (broad SMARTS) is 1. The van der Waals surface area contributed by atoms with Gasteiger partial charge in [0.2, 0.25) is 0 Å². The molecule has 0 saturated carbocycles. The molecule has 3 N–H and O–H groups in total. The molecule has 2 atom stereocenters. The lowest BCUT2D eigenvalue weighted by molar-refractivity contribution is -0.139. The number of H-pyrrole nitrogens is 1. The summed E-state index contributed by atoms with van der Waals surface area (Å²) >= 11 is 0. The molecule has 0 aliphatic heterocycles. The maximum atomic E-state index is 12.8. The number of rotatable bonds is 7. The van der Waals surface area contributed by atoms with Crippen molar-refractivity contribution >= 4 is 23.0 Å². The second-order valence-electron chi connectivity index (χ2n) is 9.12. The van der Waals surface area contributed by atoms with E-state index in [4.69, 9.17) is 9.47 Å². The number of methoxy groups -OCH3 is 1. The van der Waals surface area contributed by atoms with Gasteiger partial charge in [-0.15, -0.1) is 0 Å². The molecule has 0 radical (unpaired) electrons. The molecule has 5 rings (SSSR count). The highest BCUT2D eigenvalue weighted by Gasteiger charge is 2.33. The van der Waals surface area contributed by atoms with Crippen LogP contribution in [0.25, 0.3) is 22.0 Å². The lowest BCUT2D eigenvalue weighted by Crippen LogP contribution is -2.44. The van der Waals surface area contributed by atoms with Crippen molar-refractivity contribution in [1.29, 1.82) is 0 Å². The van der Waals surface area contributed by atoms with Gasteiger partial charge in [0.15, 0.2) is 0 Å². The van der Waals surface area contributed by atoms with Crippen molar-refractivity contribution in [2.75, 3.05) is 13.7 Å². The van der Waals surface area contributed by atoms with Gasteiger partial charge in [0.25, 0.3) is 0 Å². The van der Waals surface area contributed by atoms with Gasteiger partial charge >= 0.3 is 12.1 Å². The number of para-hydroxylation sites is 1. The Bertz CT molecular complexity index is 1410. The number of amides is 1. The van der Waals surface area contributed by atoms with E-state index in [0.29, 0.717) is 5.75 Å². The zero-order valence-electron chi connectivity index (χ0n) is 20.4. The summed E-state index contributed by atoms with van der Waals surface area (Å²) in [4.78, 5) is 28.4. The molecule has 3 aromatic carbocycles. The number of fused-ring (bicyclic) bond motifs is 4. The lowest BCUT2D eigenvalue weighted by atomic mass is 9.91. The van der Waals surface area contributed by atoms with E-state index in [1.54, 1.807) is 14.0 Å². The molecule has 1 aliphatic carbocycles. The summed E-state index contributed by atoms with van der Waals surface area (Å²) in [6.45, 7) is 3.79. The maximum absolute atomic E-state index is 12.8. The standard InChI is InChI=1S/C29H28N2O5/c1-16(25-17(2)30-27-22(25)13-8-14-24(27)35-3)26(28(32)33)31-29(34)36-15-23-20-11-6-4-9-18(20)19-10-5-7-12-21(19)23/h4-14,16,23,26,30H,15H2,1-3H3,(H,31,34)(H,32,33)/t16-,26-/m0/s1. The van der Waals surface area contributed by atoms with Crippen LogP contribution in [0.4, 0.5) is 4.79 Å². The number of aryl methyl sites for hydroxylation is 1. The Balaban J connectivity index is 1.35. The summed E-state index contributed by atoms with van der Waals surface area (Å²) in [7, 11) is 1.59. The second-order valence-corrected chi connectivity index (χ2v) is 9.12. The number of aromatic nitrogens is 1. The SMILES string of the molecule is COc1cccc2c([C@H](C)[C@H](NC(=O)OCC3c4ccccc4-c4ccccc43)C(=O)O)c(C)[nH]c12. The summed E-state index contributed by atoms with van der Waals surface area (Å²) in [5.41, 5.74) is 6.88. The monoisotopic (exact) mass is 484 g/mol. The van der Waals surface area contributed by atoms with E-state index in [2.05, 4.69) is 22.4 Å². The zero-order valence-corrected chi connectivity index (χ0v) is 20.4. The number of benzene rings is 3. The molecular weight excluding hydrogens is 456 g/mol. The molecule has 0 spiro atoms. The predicted molar refractivity (Wildman–Crippen MR) is 138 cm³/mol. The summed E-state index contributed by atoms with van der Waals surface area (Å²) in [5.74, 6) is -1.09. The zero-order chi connectivity index (χ0) is 25.4. The quantitative estimate of drug-likeness (QED) is 0.318. The van der Waals surface area contributed by atoms with Crippen LogP contribution in [-0.2, 0) is 9.53 Å². The summed E-state index contributed by atoms with van der Waals surface area (Å²) in [6, 6.07) is 20.6. The van der Waals surface area contributed by atoms with E-state index in [1.165, 1.54) is 0 Å². The van der Waals surface area contributed by atoms with Gasteiger partial charge in [0, 0.05) is 22.9 Å². The number of carbonyl (C=O) groups excluding carboxylic acids is 1. The Morgan fingerprint density at radius 2 is 1.64 bits per heavy atom. The number of carboxylic acids is 1. The molecule has 1 aromatic heterocycles. The molecule has 1 aliphatic rings. The van der Waals surface area contributed by atoms with Gasteiger partial charge in [-0.3, -0.25) is 0 Å². The molecule has 1 amide bonds. The number of aromatic amines is 1. The number of hydrogen-bond acceptors (Lipinski definition) is 4. The Hall–Kier alpha value is -4.26. The summed E-state index contributed by atoms with van der Waals surface area (Å²) in [5, 5.41) is 13.4. The molecule has 1 heterocycles. The van der Waals surface area contributed by atoms with E-state index < -0.39 is 24.0 Å². The first-order valence-electron chi connectivity index (χ1n) is 11.9. The first-order valence-corrected chi connectivity index (χ1v) is 11.9. The van der Waals surface area contributed by atoms with Gasteiger partial charge in [-0.1, -0.05) is 67.6 Å². The van der Waals surface area contributed by atoms with Crippen LogP contribution in [0.3, 0.4) is 0 Å². The van der Waals surface area contributed by atoms with Gasteiger partial charge in [0.05, 0.1) is 12.6 Å². The topological polar surface area (TPSA) is 101 Å². The van der Waals surface area contributed by atoms with Crippen LogP contribution >= 0.6 is 0 Å². The molecule has 0 saturated heterocycles. The Morgan fingerprint density at radius 3 is 2.25 bits per heavy atom. The Kier molecular flexibility index (Phi) is 6.14. The highest BCUT2D eigenvalue weighted by molar-refractivity contribution is 5.91. The highest BCUT2D eigenvalue weighted by Crippen LogP contribution is 2.44. The van der Waals surface area contributed by atoms with Crippen molar-refractivity contribution in [3.63, 3.8) is 0 Å². The molecule has 0 fully saturated rings. The lowest BCUT2D eigenvalue weighted by Gasteiger charge is -2.23. The van der Waals surface area contributed by atoms with Crippen LogP contribution in [0, 0.1) is 6.92 Å². The van der Waals surface area contributed by atoms with Crippen molar-refractivity contribution in [2.45, 2.75) is 31.7 Å². The van der Waals surface area contributed by atoms with Crippen molar-refractivity contribution in [3.05, 3.63) is 89.1 Å². The Morgan fingerprint density at radius 1 is 1.00 bits per heavy atom. The third kappa shape index (κ3) is 3.96. The van der Waals surface area contributed by atoms with Crippen LogP contribution in [0.2, 0.25) is 0 Å². The number of hydrogen-bond donors (Lipinski definition) is 3. The second kappa shape index (κ2) is 9.41. The first kappa shape index (κ1) is 23.5. The fourth-order valence-electron chi connectivity index (χ4n) is 5.43. The van der Waals surface area contributed by atoms with Crippen molar-refractivity contribution in [2.24, 2.45) is 0 Å². The van der Waals surface area contributed by atoms with Crippen LogP contribution in [0.15, 0.2) is 66.7 Å². The van der Waals surface area contributed by atoms with E-state index in [0.717, 1.165) is 44.4 Å². The van der Waals surface area contributed by atoms with Gasteiger partial charge in [0.1, 0.15) is 18.4 Å².